The number of thioether (sulfide) groups is 1. The fraction of sp³-hybridized carbons (Fsp3) is 0.462. The fourth-order valence-electron chi connectivity index (χ4n) is 1.35. The molecule has 3 N–H and O–H groups in total. The van der Waals surface area contributed by atoms with E-state index in [1.54, 1.807) is 11.8 Å². The first kappa shape index (κ1) is 14.1. The van der Waals surface area contributed by atoms with Crippen molar-refractivity contribution in [3.8, 4) is 0 Å². The number of nitrogens with two attached hydrogens (primary N) is 1. The number of carbonyl (C=O) groups excluding carboxylic acids is 1. The van der Waals surface area contributed by atoms with Crippen molar-refractivity contribution in [3.05, 3.63) is 30.3 Å². The number of benzene rings is 1. The average molecular weight is 252 g/mol. The average Bonchev–Trinajstić information content (AvgIpc) is 2.36. The zero-order chi connectivity index (χ0) is 12.5. The van der Waals surface area contributed by atoms with Gasteiger partial charge in [0.2, 0.25) is 5.91 Å². The van der Waals surface area contributed by atoms with Crippen LogP contribution in [0.2, 0.25) is 0 Å². The van der Waals surface area contributed by atoms with E-state index in [2.05, 4.69) is 17.4 Å². The molecule has 17 heavy (non-hydrogen) atoms. The van der Waals surface area contributed by atoms with Crippen LogP contribution in [-0.2, 0) is 4.79 Å². The van der Waals surface area contributed by atoms with Crippen LogP contribution in [0.1, 0.15) is 13.3 Å². The van der Waals surface area contributed by atoms with Crippen molar-refractivity contribution in [1.29, 1.82) is 0 Å². The van der Waals surface area contributed by atoms with Gasteiger partial charge in [0.05, 0.1) is 0 Å². The van der Waals surface area contributed by atoms with Crippen LogP contribution in [0.3, 0.4) is 0 Å². The summed E-state index contributed by atoms with van der Waals surface area (Å²) in [7, 11) is 0. The van der Waals surface area contributed by atoms with Crippen molar-refractivity contribution >= 4 is 17.7 Å². The summed E-state index contributed by atoms with van der Waals surface area (Å²) < 4.78 is 0. The quantitative estimate of drug-likeness (QED) is 0.575. The maximum atomic E-state index is 11.4. The number of carbonyl (C=O) groups is 1. The molecule has 3 nitrogen and oxygen atoms in total. The van der Waals surface area contributed by atoms with Gasteiger partial charge in [-0.1, -0.05) is 25.1 Å². The standard InChI is InChI=1S/C13H20N2OS/c1-11(10-14)9-13(16)15-7-8-17-12-5-3-2-4-6-12/h2-6,11H,7-10,14H2,1H3,(H,15,16). The van der Waals surface area contributed by atoms with Crippen LogP contribution >= 0.6 is 11.8 Å². The van der Waals surface area contributed by atoms with Gasteiger partial charge in [0.1, 0.15) is 0 Å². The largest absolute Gasteiger partial charge is 0.355 e. The molecule has 0 fully saturated rings. The van der Waals surface area contributed by atoms with E-state index in [-0.39, 0.29) is 11.8 Å². The number of hydrogen-bond acceptors (Lipinski definition) is 3. The van der Waals surface area contributed by atoms with Crippen LogP contribution in [0.4, 0.5) is 0 Å². The Morgan fingerprint density at radius 3 is 2.76 bits per heavy atom. The van der Waals surface area contributed by atoms with Crippen LogP contribution in [-0.4, -0.2) is 24.7 Å². The lowest BCUT2D eigenvalue weighted by Gasteiger charge is -2.08. The lowest BCUT2D eigenvalue weighted by molar-refractivity contribution is -0.121. The molecule has 1 unspecified atom stereocenters. The van der Waals surface area contributed by atoms with Gasteiger partial charge in [-0.2, -0.15) is 0 Å². The molecular weight excluding hydrogens is 232 g/mol. The first-order valence-electron chi connectivity index (χ1n) is 5.87. The SMILES string of the molecule is CC(CN)CC(=O)NCCSc1ccccc1. The Bertz CT molecular complexity index is 329. The van der Waals surface area contributed by atoms with Gasteiger partial charge >= 0.3 is 0 Å². The van der Waals surface area contributed by atoms with E-state index in [4.69, 9.17) is 5.73 Å². The van der Waals surface area contributed by atoms with Crippen LogP contribution in [0.25, 0.3) is 0 Å². The molecule has 1 atom stereocenters. The van der Waals surface area contributed by atoms with Crippen molar-refractivity contribution < 1.29 is 4.79 Å². The minimum Gasteiger partial charge on any atom is -0.355 e. The molecule has 0 saturated heterocycles. The summed E-state index contributed by atoms with van der Waals surface area (Å²) in [5.41, 5.74) is 5.47. The molecule has 1 aromatic rings. The molecule has 1 aromatic carbocycles. The third kappa shape index (κ3) is 6.34. The van der Waals surface area contributed by atoms with E-state index in [0.717, 1.165) is 5.75 Å². The van der Waals surface area contributed by atoms with E-state index in [9.17, 15) is 4.79 Å². The summed E-state index contributed by atoms with van der Waals surface area (Å²) in [6.45, 7) is 3.25. The van der Waals surface area contributed by atoms with Gasteiger partial charge in [0.25, 0.3) is 0 Å². The molecule has 1 amide bonds. The van der Waals surface area contributed by atoms with Crippen LogP contribution < -0.4 is 11.1 Å². The van der Waals surface area contributed by atoms with Crippen molar-refractivity contribution in [2.24, 2.45) is 11.7 Å². The highest BCUT2D eigenvalue weighted by atomic mass is 32.2. The number of hydrogen-bond donors (Lipinski definition) is 2. The van der Waals surface area contributed by atoms with Gasteiger partial charge in [0.15, 0.2) is 0 Å². The molecule has 0 aliphatic rings. The smallest absolute Gasteiger partial charge is 0.220 e. The first-order chi connectivity index (χ1) is 8.22. The highest BCUT2D eigenvalue weighted by Crippen LogP contribution is 2.15. The highest BCUT2D eigenvalue weighted by Gasteiger charge is 2.06. The lowest BCUT2D eigenvalue weighted by atomic mass is 10.1. The van der Waals surface area contributed by atoms with Crippen LogP contribution in [0, 0.1) is 5.92 Å². The Morgan fingerprint density at radius 2 is 2.12 bits per heavy atom. The number of nitrogens with one attached hydrogen (secondary N) is 1. The molecule has 0 bridgehead atoms. The second-order valence-electron chi connectivity index (χ2n) is 4.06. The summed E-state index contributed by atoms with van der Waals surface area (Å²) >= 11 is 1.75. The van der Waals surface area contributed by atoms with Gasteiger partial charge in [-0.05, 0) is 24.6 Å². The van der Waals surface area contributed by atoms with E-state index in [0.29, 0.717) is 19.5 Å². The minimum absolute atomic E-state index is 0.0941. The second kappa shape index (κ2) is 8.14. The maximum absolute atomic E-state index is 11.4. The minimum atomic E-state index is 0.0941. The molecule has 4 heteroatoms. The maximum Gasteiger partial charge on any atom is 0.220 e. The Morgan fingerprint density at radius 1 is 1.41 bits per heavy atom. The Balaban J connectivity index is 2.10. The molecule has 0 aliphatic heterocycles. The third-order valence-electron chi connectivity index (χ3n) is 2.37. The van der Waals surface area contributed by atoms with Gasteiger partial charge in [0, 0.05) is 23.6 Å². The molecule has 0 saturated carbocycles. The topological polar surface area (TPSA) is 55.1 Å². The second-order valence-corrected chi connectivity index (χ2v) is 5.22. The number of amides is 1. The van der Waals surface area contributed by atoms with Crippen molar-refractivity contribution in [3.63, 3.8) is 0 Å². The lowest BCUT2D eigenvalue weighted by Crippen LogP contribution is -2.28. The van der Waals surface area contributed by atoms with Gasteiger partial charge in [-0.25, -0.2) is 0 Å². The monoisotopic (exact) mass is 252 g/mol. The Labute approximate surface area is 107 Å². The fourth-order valence-corrected chi connectivity index (χ4v) is 2.14. The molecule has 0 aliphatic carbocycles. The van der Waals surface area contributed by atoms with E-state index in [1.807, 2.05) is 25.1 Å². The summed E-state index contributed by atoms with van der Waals surface area (Å²) in [6.07, 6.45) is 0.520. The third-order valence-corrected chi connectivity index (χ3v) is 3.39. The predicted octanol–water partition coefficient (Wildman–Crippen LogP) is 1.88. The van der Waals surface area contributed by atoms with Crippen LogP contribution in [0.5, 0.6) is 0 Å². The van der Waals surface area contributed by atoms with Gasteiger partial charge in [-0.15, -0.1) is 11.8 Å². The Kier molecular flexibility index (Phi) is 6.74. The zero-order valence-corrected chi connectivity index (χ0v) is 11.0. The molecule has 1 rings (SSSR count). The summed E-state index contributed by atoms with van der Waals surface area (Å²) in [5.74, 6) is 1.25. The van der Waals surface area contributed by atoms with Crippen molar-refractivity contribution in [2.45, 2.75) is 18.2 Å². The Hall–Kier alpha value is -1.00. The molecule has 0 aromatic heterocycles. The van der Waals surface area contributed by atoms with E-state index in [1.165, 1.54) is 4.90 Å². The normalized spacial score (nSPS) is 12.1. The van der Waals surface area contributed by atoms with Crippen molar-refractivity contribution in [2.75, 3.05) is 18.8 Å². The molecule has 0 radical (unpaired) electrons. The summed E-state index contributed by atoms with van der Waals surface area (Å²) in [5, 5.41) is 2.90. The number of rotatable bonds is 7. The molecular formula is C13H20N2OS. The van der Waals surface area contributed by atoms with Gasteiger partial charge < -0.3 is 11.1 Å². The summed E-state index contributed by atoms with van der Waals surface area (Å²) in [4.78, 5) is 12.7. The van der Waals surface area contributed by atoms with Crippen molar-refractivity contribution in [1.82, 2.24) is 5.32 Å². The highest BCUT2D eigenvalue weighted by molar-refractivity contribution is 7.99. The van der Waals surface area contributed by atoms with E-state index < -0.39 is 0 Å². The first-order valence-corrected chi connectivity index (χ1v) is 6.85. The molecule has 0 spiro atoms. The zero-order valence-electron chi connectivity index (χ0n) is 10.2. The summed E-state index contributed by atoms with van der Waals surface area (Å²) in [6, 6.07) is 10.2. The van der Waals surface area contributed by atoms with Gasteiger partial charge in [-0.3, -0.25) is 4.79 Å². The molecule has 0 heterocycles. The van der Waals surface area contributed by atoms with Crippen LogP contribution in [0.15, 0.2) is 35.2 Å². The molecule has 94 valence electrons. The van der Waals surface area contributed by atoms with E-state index >= 15 is 0 Å². The predicted molar refractivity (Wildman–Crippen MR) is 73.0 cm³/mol.